The number of anilines is 1. The molecular formula is C12H18Cl2N2O3. The molecule has 1 atom stereocenters. The van der Waals surface area contributed by atoms with E-state index in [1.54, 1.807) is 32.2 Å². The first kappa shape index (κ1) is 18.0. The molecule has 1 aromatic carbocycles. The smallest absolute Gasteiger partial charge is 0.240 e. The lowest BCUT2D eigenvalue weighted by atomic mass is 10.2. The van der Waals surface area contributed by atoms with Crippen molar-refractivity contribution in [3.63, 3.8) is 0 Å². The van der Waals surface area contributed by atoms with Crippen LogP contribution in [0.5, 0.6) is 5.75 Å². The first-order valence-electron chi connectivity index (χ1n) is 5.52. The van der Waals surface area contributed by atoms with Crippen molar-refractivity contribution in [1.82, 2.24) is 0 Å². The van der Waals surface area contributed by atoms with Gasteiger partial charge in [-0.2, -0.15) is 0 Å². The fourth-order valence-corrected chi connectivity index (χ4v) is 1.42. The van der Waals surface area contributed by atoms with E-state index >= 15 is 0 Å². The minimum atomic E-state index is -0.568. The topological polar surface area (TPSA) is 73.6 Å². The van der Waals surface area contributed by atoms with Crippen LogP contribution in [0.3, 0.4) is 0 Å². The van der Waals surface area contributed by atoms with Gasteiger partial charge in [0.05, 0.1) is 17.7 Å². The van der Waals surface area contributed by atoms with Crippen LogP contribution in [-0.4, -0.2) is 32.3 Å². The number of nitrogens with two attached hydrogens (primary N) is 1. The molecule has 108 valence electrons. The SMILES string of the molecule is COCCOc1ccc(NC(=O)[C@H](C)N)cc1Cl.Cl. The van der Waals surface area contributed by atoms with Gasteiger partial charge in [-0.1, -0.05) is 11.6 Å². The van der Waals surface area contributed by atoms with Gasteiger partial charge in [-0.3, -0.25) is 4.79 Å². The molecule has 0 aliphatic heterocycles. The second kappa shape index (κ2) is 8.98. The first-order valence-corrected chi connectivity index (χ1v) is 5.90. The number of hydrogen-bond acceptors (Lipinski definition) is 4. The van der Waals surface area contributed by atoms with Gasteiger partial charge < -0.3 is 20.5 Å². The lowest BCUT2D eigenvalue weighted by Gasteiger charge is -2.11. The van der Waals surface area contributed by atoms with Crippen LogP contribution in [0.25, 0.3) is 0 Å². The molecule has 0 radical (unpaired) electrons. The third-order valence-corrected chi connectivity index (χ3v) is 2.45. The molecule has 0 bridgehead atoms. The highest BCUT2D eigenvalue weighted by Gasteiger charge is 2.09. The average Bonchev–Trinajstić information content (AvgIpc) is 2.32. The van der Waals surface area contributed by atoms with Crippen LogP contribution in [0.4, 0.5) is 5.69 Å². The fourth-order valence-electron chi connectivity index (χ4n) is 1.19. The van der Waals surface area contributed by atoms with E-state index in [4.69, 9.17) is 26.8 Å². The van der Waals surface area contributed by atoms with Crippen LogP contribution in [0, 0.1) is 0 Å². The summed E-state index contributed by atoms with van der Waals surface area (Å²) in [6.45, 7) is 2.51. The zero-order valence-electron chi connectivity index (χ0n) is 10.8. The molecule has 5 nitrogen and oxygen atoms in total. The predicted molar refractivity (Wildman–Crippen MR) is 78.4 cm³/mol. The number of benzene rings is 1. The standard InChI is InChI=1S/C12H17ClN2O3.ClH/c1-8(14)12(16)15-9-3-4-11(10(13)7-9)18-6-5-17-2;/h3-4,7-8H,5-6,14H2,1-2H3,(H,15,16);1H/t8-;/m0./s1. The van der Waals surface area contributed by atoms with Crippen molar-refractivity contribution in [2.75, 3.05) is 25.6 Å². The third-order valence-electron chi connectivity index (χ3n) is 2.16. The molecule has 0 heterocycles. The molecule has 0 aromatic heterocycles. The molecule has 0 saturated carbocycles. The monoisotopic (exact) mass is 308 g/mol. The summed E-state index contributed by atoms with van der Waals surface area (Å²) in [5.41, 5.74) is 6.03. The van der Waals surface area contributed by atoms with E-state index < -0.39 is 6.04 Å². The van der Waals surface area contributed by atoms with Crippen LogP contribution >= 0.6 is 24.0 Å². The molecule has 0 saturated heterocycles. The van der Waals surface area contributed by atoms with E-state index in [0.29, 0.717) is 29.7 Å². The largest absolute Gasteiger partial charge is 0.490 e. The van der Waals surface area contributed by atoms with Gasteiger partial charge in [0, 0.05) is 12.8 Å². The molecule has 1 rings (SSSR count). The van der Waals surface area contributed by atoms with Crippen molar-refractivity contribution in [3.05, 3.63) is 23.2 Å². The maximum absolute atomic E-state index is 11.4. The van der Waals surface area contributed by atoms with Crippen LogP contribution < -0.4 is 15.8 Å². The third kappa shape index (κ3) is 6.11. The van der Waals surface area contributed by atoms with E-state index in [1.807, 2.05) is 0 Å². The lowest BCUT2D eigenvalue weighted by molar-refractivity contribution is -0.117. The van der Waals surface area contributed by atoms with Crippen LogP contribution in [0.1, 0.15) is 6.92 Å². The van der Waals surface area contributed by atoms with Crippen LogP contribution in [0.15, 0.2) is 18.2 Å². The molecule has 3 N–H and O–H groups in total. The molecule has 0 unspecified atom stereocenters. The number of methoxy groups -OCH3 is 1. The Hall–Kier alpha value is -1.01. The van der Waals surface area contributed by atoms with Crippen molar-refractivity contribution in [1.29, 1.82) is 0 Å². The summed E-state index contributed by atoms with van der Waals surface area (Å²) in [5, 5.41) is 3.07. The minimum Gasteiger partial charge on any atom is -0.490 e. The number of halogens is 2. The van der Waals surface area contributed by atoms with Gasteiger partial charge in [0.25, 0.3) is 0 Å². The Labute approximate surface area is 123 Å². The lowest BCUT2D eigenvalue weighted by Crippen LogP contribution is -2.32. The van der Waals surface area contributed by atoms with E-state index in [0.717, 1.165) is 0 Å². The summed E-state index contributed by atoms with van der Waals surface area (Å²) in [6, 6.07) is 4.44. The number of amides is 1. The molecule has 1 amide bonds. The number of ether oxygens (including phenoxy) is 2. The number of carbonyl (C=O) groups excluding carboxylic acids is 1. The average molecular weight is 309 g/mol. The Morgan fingerprint density at radius 2 is 2.16 bits per heavy atom. The minimum absolute atomic E-state index is 0. The molecule has 7 heteroatoms. The van der Waals surface area contributed by atoms with Crippen molar-refractivity contribution in [2.45, 2.75) is 13.0 Å². The van der Waals surface area contributed by atoms with Crippen LogP contribution in [-0.2, 0) is 9.53 Å². The number of rotatable bonds is 6. The normalized spacial score (nSPS) is 11.4. The van der Waals surface area contributed by atoms with Gasteiger partial charge >= 0.3 is 0 Å². The predicted octanol–water partition coefficient (Wildman–Crippen LogP) is 2.07. The van der Waals surface area contributed by atoms with Gasteiger partial charge in [-0.25, -0.2) is 0 Å². The number of nitrogens with one attached hydrogen (secondary N) is 1. The van der Waals surface area contributed by atoms with Crippen molar-refractivity contribution in [3.8, 4) is 5.75 Å². The second-order valence-electron chi connectivity index (χ2n) is 3.76. The van der Waals surface area contributed by atoms with E-state index in [9.17, 15) is 4.79 Å². The highest BCUT2D eigenvalue weighted by Crippen LogP contribution is 2.27. The highest BCUT2D eigenvalue weighted by atomic mass is 35.5. The summed E-state index contributed by atoms with van der Waals surface area (Å²) in [4.78, 5) is 11.4. The number of carbonyl (C=O) groups is 1. The van der Waals surface area contributed by atoms with Gasteiger partial charge in [-0.05, 0) is 25.1 Å². The zero-order chi connectivity index (χ0) is 13.5. The quantitative estimate of drug-likeness (QED) is 0.789. The molecule has 0 aliphatic carbocycles. The molecule has 0 aliphatic rings. The van der Waals surface area contributed by atoms with Gasteiger partial charge in [0.15, 0.2) is 0 Å². The molecule has 0 spiro atoms. The maximum Gasteiger partial charge on any atom is 0.240 e. The van der Waals surface area contributed by atoms with Gasteiger partial charge in [0.1, 0.15) is 12.4 Å². The van der Waals surface area contributed by atoms with Crippen molar-refractivity contribution < 1.29 is 14.3 Å². The Balaban J connectivity index is 0.00000324. The fraction of sp³-hybridized carbons (Fsp3) is 0.417. The first-order chi connectivity index (χ1) is 8.54. The molecular weight excluding hydrogens is 291 g/mol. The second-order valence-corrected chi connectivity index (χ2v) is 4.17. The van der Waals surface area contributed by atoms with Crippen molar-refractivity contribution >= 4 is 35.6 Å². The molecule has 1 aromatic rings. The van der Waals surface area contributed by atoms with Crippen molar-refractivity contribution in [2.24, 2.45) is 5.73 Å². The van der Waals surface area contributed by atoms with Gasteiger partial charge in [0.2, 0.25) is 5.91 Å². The number of hydrogen-bond donors (Lipinski definition) is 2. The Kier molecular flexibility index (Phi) is 8.51. The van der Waals surface area contributed by atoms with Crippen LogP contribution in [0.2, 0.25) is 5.02 Å². The summed E-state index contributed by atoms with van der Waals surface area (Å²) < 4.78 is 10.3. The highest BCUT2D eigenvalue weighted by molar-refractivity contribution is 6.32. The van der Waals surface area contributed by atoms with E-state index in [2.05, 4.69) is 5.32 Å². The zero-order valence-corrected chi connectivity index (χ0v) is 12.4. The Morgan fingerprint density at radius 3 is 2.68 bits per heavy atom. The Morgan fingerprint density at radius 1 is 1.47 bits per heavy atom. The molecule has 0 fully saturated rings. The summed E-state index contributed by atoms with van der Waals surface area (Å²) in [5.74, 6) is 0.284. The summed E-state index contributed by atoms with van der Waals surface area (Å²) in [6.07, 6.45) is 0. The summed E-state index contributed by atoms with van der Waals surface area (Å²) in [7, 11) is 1.59. The van der Waals surface area contributed by atoms with E-state index in [-0.39, 0.29) is 18.3 Å². The maximum atomic E-state index is 11.4. The molecule has 19 heavy (non-hydrogen) atoms. The summed E-state index contributed by atoms with van der Waals surface area (Å²) >= 11 is 6.02. The van der Waals surface area contributed by atoms with E-state index in [1.165, 1.54) is 0 Å². The van der Waals surface area contributed by atoms with Gasteiger partial charge in [-0.15, -0.1) is 12.4 Å². The Bertz CT molecular complexity index is 414.